The standard InChI is InChI=1S/C12H13F2N3O/c1-6-3-8(10(14)4-9(6)13)12-16-11(17-18-12)7(2)5-15/h3-4,7H,5,15H2,1-2H3. The first-order valence-corrected chi connectivity index (χ1v) is 5.52. The molecule has 96 valence electrons. The van der Waals surface area contributed by atoms with Crippen LogP contribution in [-0.4, -0.2) is 16.7 Å². The lowest BCUT2D eigenvalue weighted by molar-refractivity contribution is 0.415. The summed E-state index contributed by atoms with van der Waals surface area (Å²) in [6.07, 6.45) is 0. The molecule has 0 amide bonds. The van der Waals surface area contributed by atoms with E-state index < -0.39 is 11.6 Å². The summed E-state index contributed by atoms with van der Waals surface area (Å²) < 4.78 is 31.7. The first-order valence-electron chi connectivity index (χ1n) is 5.52. The Bertz CT molecular complexity index is 568. The largest absolute Gasteiger partial charge is 0.334 e. The van der Waals surface area contributed by atoms with Gasteiger partial charge in [-0.15, -0.1) is 0 Å². The van der Waals surface area contributed by atoms with Crippen molar-refractivity contribution in [2.24, 2.45) is 5.73 Å². The van der Waals surface area contributed by atoms with Crippen molar-refractivity contribution in [3.05, 3.63) is 35.2 Å². The first kappa shape index (κ1) is 12.6. The predicted octanol–water partition coefficient (Wildman–Crippen LogP) is 2.39. The minimum absolute atomic E-state index is 0.0332. The summed E-state index contributed by atoms with van der Waals surface area (Å²) in [5.41, 5.74) is 5.89. The summed E-state index contributed by atoms with van der Waals surface area (Å²) in [5, 5.41) is 3.73. The molecule has 0 aliphatic heterocycles. The van der Waals surface area contributed by atoms with E-state index in [1.54, 1.807) is 0 Å². The molecule has 0 saturated carbocycles. The number of nitrogens with two attached hydrogens (primary N) is 1. The molecule has 0 fully saturated rings. The molecule has 2 aromatic rings. The van der Waals surface area contributed by atoms with Crippen molar-refractivity contribution in [2.75, 3.05) is 6.54 Å². The van der Waals surface area contributed by atoms with E-state index in [1.807, 2.05) is 6.92 Å². The lowest BCUT2D eigenvalue weighted by Crippen LogP contribution is -2.10. The number of hydrogen-bond donors (Lipinski definition) is 1. The number of hydrogen-bond acceptors (Lipinski definition) is 4. The molecule has 18 heavy (non-hydrogen) atoms. The number of aryl methyl sites for hydroxylation is 1. The van der Waals surface area contributed by atoms with Crippen LogP contribution in [0, 0.1) is 18.6 Å². The third kappa shape index (κ3) is 2.24. The molecule has 1 unspecified atom stereocenters. The number of benzene rings is 1. The van der Waals surface area contributed by atoms with E-state index in [4.69, 9.17) is 10.3 Å². The van der Waals surface area contributed by atoms with Crippen molar-refractivity contribution in [1.82, 2.24) is 10.1 Å². The molecule has 4 nitrogen and oxygen atoms in total. The quantitative estimate of drug-likeness (QED) is 0.912. The van der Waals surface area contributed by atoms with Crippen molar-refractivity contribution in [3.8, 4) is 11.5 Å². The van der Waals surface area contributed by atoms with E-state index in [9.17, 15) is 8.78 Å². The van der Waals surface area contributed by atoms with Gasteiger partial charge in [-0.2, -0.15) is 4.98 Å². The Morgan fingerprint density at radius 2 is 2.06 bits per heavy atom. The molecule has 0 bridgehead atoms. The Balaban J connectivity index is 2.43. The molecule has 0 radical (unpaired) electrons. The summed E-state index contributed by atoms with van der Waals surface area (Å²) >= 11 is 0. The van der Waals surface area contributed by atoms with Gasteiger partial charge < -0.3 is 10.3 Å². The average Bonchev–Trinajstić information content (AvgIpc) is 2.82. The van der Waals surface area contributed by atoms with Crippen molar-refractivity contribution >= 4 is 0 Å². The van der Waals surface area contributed by atoms with Gasteiger partial charge in [-0.3, -0.25) is 0 Å². The second-order valence-electron chi connectivity index (χ2n) is 4.18. The maximum Gasteiger partial charge on any atom is 0.260 e. The monoisotopic (exact) mass is 253 g/mol. The summed E-state index contributed by atoms with van der Waals surface area (Å²) in [4.78, 5) is 4.06. The lowest BCUT2D eigenvalue weighted by Gasteiger charge is -2.01. The zero-order valence-electron chi connectivity index (χ0n) is 10.1. The second kappa shape index (κ2) is 4.81. The molecule has 0 aliphatic carbocycles. The highest BCUT2D eigenvalue weighted by atomic mass is 19.1. The van der Waals surface area contributed by atoms with Crippen LogP contribution in [0.15, 0.2) is 16.7 Å². The molecule has 6 heteroatoms. The molecule has 0 aliphatic rings. The van der Waals surface area contributed by atoms with Gasteiger partial charge in [-0.1, -0.05) is 12.1 Å². The van der Waals surface area contributed by atoms with Gasteiger partial charge in [-0.25, -0.2) is 8.78 Å². The lowest BCUT2D eigenvalue weighted by atomic mass is 10.1. The maximum absolute atomic E-state index is 13.6. The fraction of sp³-hybridized carbons (Fsp3) is 0.333. The minimum Gasteiger partial charge on any atom is -0.334 e. The van der Waals surface area contributed by atoms with Crippen LogP contribution in [-0.2, 0) is 0 Å². The van der Waals surface area contributed by atoms with Crippen molar-refractivity contribution in [1.29, 1.82) is 0 Å². The maximum atomic E-state index is 13.6. The van der Waals surface area contributed by atoms with Crippen molar-refractivity contribution < 1.29 is 13.3 Å². The third-order valence-electron chi connectivity index (χ3n) is 2.71. The molecule has 2 rings (SSSR count). The molecule has 0 spiro atoms. The summed E-state index contributed by atoms with van der Waals surface area (Å²) in [6.45, 7) is 3.74. The molecular weight excluding hydrogens is 240 g/mol. The highest BCUT2D eigenvalue weighted by Gasteiger charge is 2.17. The van der Waals surface area contributed by atoms with Crippen molar-refractivity contribution in [3.63, 3.8) is 0 Å². The van der Waals surface area contributed by atoms with Crippen LogP contribution in [0.4, 0.5) is 8.78 Å². The molecular formula is C12H13F2N3O. The van der Waals surface area contributed by atoms with Gasteiger partial charge in [0.2, 0.25) is 0 Å². The van der Waals surface area contributed by atoms with Gasteiger partial charge in [0, 0.05) is 18.5 Å². The minimum atomic E-state index is -0.728. The average molecular weight is 253 g/mol. The van der Waals surface area contributed by atoms with Crippen LogP contribution in [0.3, 0.4) is 0 Å². The summed E-state index contributed by atoms with van der Waals surface area (Å²) in [6, 6.07) is 2.15. The fourth-order valence-electron chi connectivity index (χ4n) is 1.47. The van der Waals surface area contributed by atoms with Crippen LogP contribution >= 0.6 is 0 Å². The zero-order chi connectivity index (χ0) is 13.3. The van der Waals surface area contributed by atoms with E-state index in [0.717, 1.165) is 6.07 Å². The molecule has 1 heterocycles. The Hall–Kier alpha value is -1.82. The molecule has 2 N–H and O–H groups in total. The van der Waals surface area contributed by atoms with E-state index in [2.05, 4.69) is 10.1 Å². The highest BCUT2D eigenvalue weighted by Crippen LogP contribution is 2.25. The normalized spacial score (nSPS) is 12.7. The summed E-state index contributed by atoms with van der Waals surface area (Å²) in [7, 11) is 0. The highest BCUT2D eigenvalue weighted by molar-refractivity contribution is 5.55. The predicted molar refractivity (Wildman–Crippen MR) is 61.9 cm³/mol. The van der Waals surface area contributed by atoms with E-state index in [-0.39, 0.29) is 17.4 Å². The Morgan fingerprint density at radius 3 is 2.72 bits per heavy atom. The van der Waals surface area contributed by atoms with Crippen LogP contribution in [0.2, 0.25) is 0 Å². The molecule has 0 saturated heterocycles. The zero-order valence-corrected chi connectivity index (χ0v) is 10.1. The second-order valence-corrected chi connectivity index (χ2v) is 4.18. The molecule has 1 aromatic carbocycles. The van der Waals surface area contributed by atoms with Crippen LogP contribution in [0.1, 0.15) is 24.2 Å². The fourth-order valence-corrected chi connectivity index (χ4v) is 1.47. The van der Waals surface area contributed by atoms with Gasteiger partial charge >= 0.3 is 0 Å². The molecule has 1 aromatic heterocycles. The number of nitrogens with zero attached hydrogens (tertiary/aromatic N) is 2. The topological polar surface area (TPSA) is 64.9 Å². The van der Waals surface area contributed by atoms with Crippen LogP contribution in [0.5, 0.6) is 0 Å². The van der Waals surface area contributed by atoms with E-state index in [0.29, 0.717) is 17.9 Å². The third-order valence-corrected chi connectivity index (χ3v) is 2.71. The van der Waals surface area contributed by atoms with Gasteiger partial charge in [0.25, 0.3) is 5.89 Å². The summed E-state index contributed by atoms with van der Waals surface area (Å²) in [5.74, 6) is -0.966. The van der Waals surface area contributed by atoms with Gasteiger partial charge in [0.1, 0.15) is 11.6 Å². The van der Waals surface area contributed by atoms with Crippen molar-refractivity contribution in [2.45, 2.75) is 19.8 Å². The SMILES string of the molecule is Cc1cc(-c2nc(C(C)CN)no2)c(F)cc1F. The van der Waals surface area contributed by atoms with E-state index in [1.165, 1.54) is 13.0 Å². The molecule has 1 atom stereocenters. The van der Waals surface area contributed by atoms with Gasteiger partial charge in [0.05, 0.1) is 5.56 Å². The Morgan fingerprint density at radius 1 is 1.33 bits per heavy atom. The number of aromatic nitrogens is 2. The number of halogens is 2. The smallest absolute Gasteiger partial charge is 0.260 e. The van der Waals surface area contributed by atoms with Gasteiger partial charge in [-0.05, 0) is 18.6 Å². The van der Waals surface area contributed by atoms with Crippen LogP contribution < -0.4 is 5.73 Å². The first-order chi connectivity index (χ1) is 8.52. The van der Waals surface area contributed by atoms with E-state index >= 15 is 0 Å². The Labute approximate surface area is 103 Å². The number of rotatable bonds is 3. The Kier molecular flexibility index (Phi) is 3.38. The van der Waals surface area contributed by atoms with Crippen LogP contribution in [0.25, 0.3) is 11.5 Å². The van der Waals surface area contributed by atoms with Gasteiger partial charge in [0.15, 0.2) is 5.82 Å².